The van der Waals surface area contributed by atoms with Crippen molar-refractivity contribution < 1.29 is 9.59 Å². The van der Waals surface area contributed by atoms with Gasteiger partial charge in [-0.15, -0.1) is 0 Å². The second-order valence-corrected chi connectivity index (χ2v) is 7.63. The Kier molecular flexibility index (Phi) is 3.98. The van der Waals surface area contributed by atoms with Crippen LogP contribution in [0.25, 0.3) is 0 Å². The molecule has 2 atom stereocenters. The molecule has 3 fully saturated rings. The molecular formula is C17H28N2O2. The van der Waals surface area contributed by atoms with Crippen LogP contribution in [0.2, 0.25) is 0 Å². The van der Waals surface area contributed by atoms with Gasteiger partial charge in [0.25, 0.3) is 0 Å². The van der Waals surface area contributed by atoms with E-state index in [9.17, 15) is 9.59 Å². The third kappa shape index (κ3) is 2.69. The smallest absolute Gasteiger partial charge is 0.226 e. The van der Waals surface area contributed by atoms with Gasteiger partial charge in [0.2, 0.25) is 11.8 Å². The summed E-state index contributed by atoms with van der Waals surface area (Å²) in [5, 5.41) is 0. The van der Waals surface area contributed by atoms with E-state index in [1.165, 1.54) is 0 Å². The van der Waals surface area contributed by atoms with Crippen LogP contribution in [-0.2, 0) is 9.59 Å². The van der Waals surface area contributed by atoms with Crippen LogP contribution >= 0.6 is 0 Å². The first-order valence-electron chi connectivity index (χ1n) is 8.56. The molecule has 2 heterocycles. The molecule has 0 N–H and O–H groups in total. The molecule has 2 aliphatic heterocycles. The van der Waals surface area contributed by atoms with Gasteiger partial charge in [0.15, 0.2) is 0 Å². The quantitative estimate of drug-likeness (QED) is 0.801. The van der Waals surface area contributed by atoms with Crippen molar-refractivity contribution in [3.8, 4) is 0 Å². The van der Waals surface area contributed by atoms with E-state index < -0.39 is 0 Å². The lowest BCUT2D eigenvalue weighted by molar-refractivity contribution is -0.155. The minimum absolute atomic E-state index is 0.0188. The van der Waals surface area contributed by atoms with Crippen LogP contribution in [0.3, 0.4) is 0 Å². The van der Waals surface area contributed by atoms with Crippen molar-refractivity contribution in [2.24, 2.45) is 17.3 Å². The maximum atomic E-state index is 12.6. The molecule has 1 aliphatic carbocycles. The zero-order chi connectivity index (χ0) is 15.0. The normalized spacial score (nSPS) is 31.3. The third-order valence-electron chi connectivity index (χ3n) is 6.07. The summed E-state index contributed by atoms with van der Waals surface area (Å²) < 4.78 is 0. The number of nitrogens with zero attached hydrogens (tertiary/aromatic N) is 2. The van der Waals surface area contributed by atoms with Crippen LogP contribution in [0.1, 0.15) is 52.4 Å². The number of hydrogen-bond donors (Lipinski definition) is 0. The van der Waals surface area contributed by atoms with Crippen molar-refractivity contribution in [1.82, 2.24) is 9.80 Å². The highest BCUT2D eigenvalue weighted by Gasteiger charge is 2.53. The Labute approximate surface area is 127 Å². The Balaban J connectivity index is 1.55. The van der Waals surface area contributed by atoms with Crippen molar-refractivity contribution in [2.45, 2.75) is 52.4 Å². The molecule has 118 valence electrons. The fourth-order valence-electron chi connectivity index (χ4n) is 4.25. The summed E-state index contributed by atoms with van der Waals surface area (Å²) in [7, 11) is 0. The fraction of sp³-hybridized carbons (Fsp3) is 0.882. The van der Waals surface area contributed by atoms with E-state index in [0.29, 0.717) is 24.2 Å². The first kappa shape index (κ1) is 14.9. The summed E-state index contributed by atoms with van der Waals surface area (Å²) in [4.78, 5) is 28.9. The lowest BCUT2D eigenvalue weighted by Crippen LogP contribution is -2.54. The van der Waals surface area contributed by atoms with Crippen LogP contribution in [0.15, 0.2) is 0 Å². The van der Waals surface area contributed by atoms with E-state index in [2.05, 4.69) is 13.8 Å². The van der Waals surface area contributed by atoms with Crippen LogP contribution in [0, 0.1) is 17.3 Å². The van der Waals surface area contributed by atoms with Gasteiger partial charge in [-0.05, 0) is 43.4 Å². The van der Waals surface area contributed by atoms with Gasteiger partial charge in [-0.2, -0.15) is 0 Å². The number of carbonyl (C=O) groups excluding carboxylic acids is 2. The van der Waals surface area contributed by atoms with Gasteiger partial charge < -0.3 is 9.80 Å². The summed E-state index contributed by atoms with van der Waals surface area (Å²) >= 11 is 0. The monoisotopic (exact) mass is 292 g/mol. The SMILES string of the molecule is CC1(C)[C@@H](CC(=O)N2CCCC2)C[C@@H]1C(=O)N1CCCC1. The van der Waals surface area contributed by atoms with E-state index >= 15 is 0 Å². The van der Waals surface area contributed by atoms with Gasteiger partial charge >= 0.3 is 0 Å². The number of amides is 2. The zero-order valence-electron chi connectivity index (χ0n) is 13.4. The molecule has 3 aliphatic rings. The summed E-state index contributed by atoms with van der Waals surface area (Å²) in [5.74, 6) is 1.15. The predicted octanol–water partition coefficient (Wildman–Crippen LogP) is 2.28. The summed E-state index contributed by atoms with van der Waals surface area (Å²) in [6.45, 7) is 8.09. The predicted molar refractivity (Wildman–Crippen MR) is 81.6 cm³/mol. The molecule has 0 aromatic rings. The second-order valence-electron chi connectivity index (χ2n) is 7.63. The molecule has 4 heteroatoms. The van der Waals surface area contributed by atoms with E-state index in [-0.39, 0.29) is 11.3 Å². The number of carbonyl (C=O) groups is 2. The second kappa shape index (κ2) is 5.62. The minimum atomic E-state index is -0.0188. The van der Waals surface area contributed by atoms with Gasteiger partial charge in [-0.1, -0.05) is 13.8 Å². The van der Waals surface area contributed by atoms with E-state index in [1.54, 1.807) is 0 Å². The number of likely N-dealkylation sites (tertiary alicyclic amines) is 2. The topological polar surface area (TPSA) is 40.6 Å². The maximum absolute atomic E-state index is 12.6. The van der Waals surface area contributed by atoms with Gasteiger partial charge in [0.1, 0.15) is 0 Å². The molecule has 0 aromatic carbocycles. The van der Waals surface area contributed by atoms with Crippen molar-refractivity contribution >= 4 is 11.8 Å². The van der Waals surface area contributed by atoms with Crippen LogP contribution in [-0.4, -0.2) is 47.8 Å². The highest BCUT2D eigenvalue weighted by Crippen LogP contribution is 2.53. The molecule has 0 spiro atoms. The van der Waals surface area contributed by atoms with Crippen molar-refractivity contribution in [3.05, 3.63) is 0 Å². The summed E-state index contributed by atoms with van der Waals surface area (Å²) in [6.07, 6.45) is 6.13. The molecule has 0 unspecified atom stereocenters. The van der Waals surface area contributed by atoms with Crippen molar-refractivity contribution in [1.29, 1.82) is 0 Å². The van der Waals surface area contributed by atoms with Crippen LogP contribution in [0.5, 0.6) is 0 Å². The molecule has 1 saturated carbocycles. The molecule has 4 nitrogen and oxygen atoms in total. The highest BCUT2D eigenvalue weighted by atomic mass is 16.2. The number of rotatable bonds is 3. The Morgan fingerprint density at radius 2 is 1.48 bits per heavy atom. The largest absolute Gasteiger partial charge is 0.343 e. The molecule has 2 saturated heterocycles. The van der Waals surface area contributed by atoms with E-state index in [1.807, 2.05) is 9.80 Å². The Morgan fingerprint density at radius 3 is 2.00 bits per heavy atom. The molecule has 3 rings (SSSR count). The average molecular weight is 292 g/mol. The van der Waals surface area contributed by atoms with Crippen LogP contribution in [0.4, 0.5) is 0 Å². The average Bonchev–Trinajstić information content (AvgIpc) is 3.14. The lowest BCUT2D eigenvalue weighted by Gasteiger charge is -2.52. The molecular weight excluding hydrogens is 264 g/mol. The highest BCUT2D eigenvalue weighted by molar-refractivity contribution is 5.82. The fourth-order valence-corrected chi connectivity index (χ4v) is 4.25. The Bertz CT molecular complexity index is 421. The lowest BCUT2D eigenvalue weighted by atomic mass is 9.53. The standard InChI is InChI=1S/C17H28N2O2/c1-17(2)13(12-15(20)18-7-3-4-8-18)11-14(17)16(21)19-9-5-6-10-19/h13-14H,3-12H2,1-2H3/t13-,14-/m1/s1. The third-order valence-corrected chi connectivity index (χ3v) is 6.07. The van der Waals surface area contributed by atoms with Crippen molar-refractivity contribution in [3.63, 3.8) is 0 Å². The van der Waals surface area contributed by atoms with Gasteiger partial charge in [-0.3, -0.25) is 9.59 Å². The van der Waals surface area contributed by atoms with Gasteiger partial charge in [-0.25, -0.2) is 0 Å². The maximum Gasteiger partial charge on any atom is 0.226 e. The molecule has 0 aromatic heterocycles. The minimum Gasteiger partial charge on any atom is -0.343 e. The molecule has 0 bridgehead atoms. The van der Waals surface area contributed by atoms with Gasteiger partial charge in [0, 0.05) is 38.5 Å². The first-order chi connectivity index (χ1) is 10.00. The Hall–Kier alpha value is -1.06. The molecule has 0 radical (unpaired) electrons. The van der Waals surface area contributed by atoms with Crippen molar-refractivity contribution in [2.75, 3.05) is 26.2 Å². The first-order valence-corrected chi connectivity index (χ1v) is 8.56. The summed E-state index contributed by atoms with van der Waals surface area (Å²) in [6, 6.07) is 0. The van der Waals surface area contributed by atoms with E-state index in [0.717, 1.165) is 58.3 Å². The summed E-state index contributed by atoms with van der Waals surface area (Å²) in [5.41, 5.74) is -0.0188. The Morgan fingerprint density at radius 1 is 0.952 bits per heavy atom. The molecule has 21 heavy (non-hydrogen) atoms. The van der Waals surface area contributed by atoms with E-state index in [4.69, 9.17) is 0 Å². The molecule has 2 amide bonds. The number of hydrogen-bond acceptors (Lipinski definition) is 2. The zero-order valence-corrected chi connectivity index (χ0v) is 13.4. The van der Waals surface area contributed by atoms with Gasteiger partial charge in [0.05, 0.1) is 0 Å². The van der Waals surface area contributed by atoms with Crippen LogP contribution < -0.4 is 0 Å².